The van der Waals surface area contributed by atoms with E-state index >= 15 is 0 Å². The largest absolute Gasteiger partial charge is 0.383 e. The van der Waals surface area contributed by atoms with Crippen molar-refractivity contribution in [2.24, 2.45) is 0 Å². The fourth-order valence-corrected chi connectivity index (χ4v) is 2.50. The van der Waals surface area contributed by atoms with Gasteiger partial charge in [-0.2, -0.15) is 0 Å². The first-order valence-corrected chi connectivity index (χ1v) is 6.59. The third-order valence-electron chi connectivity index (χ3n) is 3.48. The highest BCUT2D eigenvalue weighted by molar-refractivity contribution is 5.94. The van der Waals surface area contributed by atoms with E-state index in [9.17, 15) is 4.79 Å². The van der Waals surface area contributed by atoms with Crippen molar-refractivity contribution in [1.82, 2.24) is 15.6 Å². The average molecular weight is 336 g/mol. The van der Waals surface area contributed by atoms with E-state index in [2.05, 4.69) is 15.6 Å². The number of hydrogen-bond acceptors (Lipinski definition) is 4. The predicted octanol–water partition coefficient (Wildman–Crippen LogP) is 1.73. The highest BCUT2D eigenvalue weighted by atomic mass is 35.5. The van der Waals surface area contributed by atoms with Gasteiger partial charge >= 0.3 is 0 Å². The van der Waals surface area contributed by atoms with Crippen molar-refractivity contribution in [3.05, 3.63) is 29.6 Å². The molecule has 2 rings (SSSR count). The lowest BCUT2D eigenvalue weighted by Crippen LogP contribution is -2.53. The smallest absolute Gasteiger partial charge is 0.252 e. The Hall–Kier alpha value is -0.880. The minimum Gasteiger partial charge on any atom is -0.383 e. The van der Waals surface area contributed by atoms with Gasteiger partial charge in [0, 0.05) is 26.0 Å². The maximum absolute atomic E-state index is 12.1. The van der Waals surface area contributed by atoms with Crippen LogP contribution >= 0.6 is 24.8 Å². The van der Waals surface area contributed by atoms with Crippen LogP contribution in [0, 0.1) is 6.92 Å². The van der Waals surface area contributed by atoms with Gasteiger partial charge in [0.25, 0.3) is 5.91 Å². The summed E-state index contributed by atoms with van der Waals surface area (Å²) in [4.78, 5) is 16.1. The molecule has 1 aliphatic heterocycles. The van der Waals surface area contributed by atoms with Gasteiger partial charge in [-0.25, -0.2) is 0 Å². The van der Waals surface area contributed by atoms with Crippen LogP contribution in [0.15, 0.2) is 18.5 Å². The van der Waals surface area contributed by atoms with Crippen LogP contribution < -0.4 is 10.6 Å². The van der Waals surface area contributed by atoms with Crippen molar-refractivity contribution in [2.75, 3.05) is 26.8 Å². The fraction of sp³-hybridized carbons (Fsp3) is 0.571. The molecule has 1 aromatic heterocycles. The molecule has 0 radical (unpaired) electrons. The summed E-state index contributed by atoms with van der Waals surface area (Å²) < 4.78 is 5.26. The molecule has 5 nitrogen and oxygen atoms in total. The summed E-state index contributed by atoms with van der Waals surface area (Å²) in [5.74, 6) is -0.0830. The minimum absolute atomic E-state index is 0. The molecule has 0 aromatic carbocycles. The third kappa shape index (κ3) is 5.43. The van der Waals surface area contributed by atoms with E-state index in [0.29, 0.717) is 18.7 Å². The second kappa shape index (κ2) is 9.20. The number of hydrogen-bond donors (Lipinski definition) is 2. The lowest BCUT2D eigenvalue weighted by atomic mass is 9.98. The van der Waals surface area contributed by atoms with Gasteiger partial charge in [0.2, 0.25) is 0 Å². The summed E-state index contributed by atoms with van der Waals surface area (Å²) in [6.07, 6.45) is 5.47. The number of carbonyl (C=O) groups excluding carboxylic acids is 1. The molecule has 0 saturated carbocycles. The molecule has 0 spiro atoms. The molecule has 1 aromatic rings. The highest BCUT2D eigenvalue weighted by Crippen LogP contribution is 2.18. The standard InChI is InChI=1S/C14H21N3O2.2ClH/c1-11-6-12(8-15-7-11)13(18)16-9-14(10-19-2)4-3-5-17-14;;/h6-8,17H,3-5,9-10H2,1-2H3,(H,16,18);2*1H. The summed E-state index contributed by atoms with van der Waals surface area (Å²) in [5.41, 5.74) is 1.46. The lowest BCUT2D eigenvalue weighted by Gasteiger charge is -2.28. The van der Waals surface area contributed by atoms with Gasteiger partial charge in [0.1, 0.15) is 0 Å². The van der Waals surface area contributed by atoms with Crippen LogP contribution in [0.2, 0.25) is 0 Å². The normalized spacial score (nSPS) is 20.3. The van der Waals surface area contributed by atoms with Crippen LogP contribution in [-0.2, 0) is 4.74 Å². The maximum Gasteiger partial charge on any atom is 0.252 e. The number of nitrogens with zero attached hydrogens (tertiary/aromatic N) is 1. The number of ether oxygens (including phenoxy) is 1. The Bertz CT molecular complexity index is 452. The molecule has 1 aliphatic rings. The highest BCUT2D eigenvalue weighted by Gasteiger charge is 2.33. The quantitative estimate of drug-likeness (QED) is 0.860. The van der Waals surface area contributed by atoms with E-state index in [4.69, 9.17) is 4.74 Å². The first kappa shape index (κ1) is 20.1. The van der Waals surface area contributed by atoms with Gasteiger partial charge in [-0.05, 0) is 37.9 Å². The average Bonchev–Trinajstić information content (AvgIpc) is 2.85. The second-order valence-electron chi connectivity index (χ2n) is 5.18. The molecule has 1 atom stereocenters. The van der Waals surface area contributed by atoms with E-state index < -0.39 is 0 Å². The number of halogens is 2. The summed E-state index contributed by atoms with van der Waals surface area (Å²) in [7, 11) is 1.69. The van der Waals surface area contributed by atoms with Gasteiger partial charge in [-0.3, -0.25) is 9.78 Å². The zero-order valence-corrected chi connectivity index (χ0v) is 14.0. The van der Waals surface area contributed by atoms with Crippen molar-refractivity contribution >= 4 is 30.7 Å². The molecule has 1 amide bonds. The molecular weight excluding hydrogens is 313 g/mol. The fourth-order valence-electron chi connectivity index (χ4n) is 2.50. The molecule has 120 valence electrons. The number of amides is 1. The molecule has 1 fully saturated rings. The molecule has 2 heterocycles. The number of aromatic nitrogens is 1. The van der Waals surface area contributed by atoms with E-state index in [1.807, 2.05) is 13.0 Å². The number of aryl methyl sites for hydroxylation is 1. The Morgan fingerprint density at radius 3 is 2.81 bits per heavy atom. The van der Waals surface area contributed by atoms with Gasteiger partial charge in [0.05, 0.1) is 17.7 Å². The number of carbonyl (C=O) groups is 1. The van der Waals surface area contributed by atoms with E-state index in [1.165, 1.54) is 0 Å². The molecule has 0 aliphatic carbocycles. The Morgan fingerprint density at radius 1 is 1.48 bits per heavy atom. The zero-order valence-electron chi connectivity index (χ0n) is 12.3. The second-order valence-corrected chi connectivity index (χ2v) is 5.18. The van der Waals surface area contributed by atoms with Crippen LogP contribution in [0.1, 0.15) is 28.8 Å². The van der Waals surface area contributed by atoms with Gasteiger partial charge < -0.3 is 15.4 Å². The number of methoxy groups -OCH3 is 1. The lowest BCUT2D eigenvalue weighted by molar-refractivity contribution is 0.0892. The van der Waals surface area contributed by atoms with Crippen LogP contribution in [0.25, 0.3) is 0 Å². The summed E-state index contributed by atoms with van der Waals surface area (Å²) >= 11 is 0. The molecule has 2 N–H and O–H groups in total. The first-order valence-electron chi connectivity index (χ1n) is 6.59. The number of rotatable bonds is 5. The summed E-state index contributed by atoms with van der Waals surface area (Å²) in [6, 6.07) is 1.84. The monoisotopic (exact) mass is 335 g/mol. The first-order chi connectivity index (χ1) is 9.15. The van der Waals surface area contributed by atoms with Crippen molar-refractivity contribution in [2.45, 2.75) is 25.3 Å². The van der Waals surface area contributed by atoms with E-state index in [-0.39, 0.29) is 36.3 Å². The van der Waals surface area contributed by atoms with E-state index in [0.717, 1.165) is 24.9 Å². The third-order valence-corrected chi connectivity index (χ3v) is 3.48. The SMILES string of the molecule is COCC1(CNC(=O)c2cncc(C)c2)CCCN1.Cl.Cl. The predicted molar refractivity (Wildman–Crippen MR) is 87.6 cm³/mol. The summed E-state index contributed by atoms with van der Waals surface area (Å²) in [5, 5.41) is 6.41. The van der Waals surface area contributed by atoms with Crippen molar-refractivity contribution in [1.29, 1.82) is 0 Å². The summed E-state index contributed by atoms with van der Waals surface area (Å²) in [6.45, 7) is 4.09. The Kier molecular flexibility index (Phi) is 8.82. The van der Waals surface area contributed by atoms with E-state index in [1.54, 1.807) is 19.5 Å². The molecule has 7 heteroatoms. The van der Waals surface area contributed by atoms with Crippen LogP contribution in [-0.4, -0.2) is 43.2 Å². The van der Waals surface area contributed by atoms with Gasteiger partial charge in [0.15, 0.2) is 0 Å². The topological polar surface area (TPSA) is 63.2 Å². The van der Waals surface area contributed by atoms with Gasteiger partial charge in [-0.1, -0.05) is 0 Å². The Morgan fingerprint density at radius 2 is 2.24 bits per heavy atom. The van der Waals surface area contributed by atoms with Crippen LogP contribution in [0.5, 0.6) is 0 Å². The molecule has 21 heavy (non-hydrogen) atoms. The van der Waals surface area contributed by atoms with Crippen molar-refractivity contribution < 1.29 is 9.53 Å². The number of pyridine rings is 1. The van der Waals surface area contributed by atoms with Crippen LogP contribution in [0.3, 0.4) is 0 Å². The van der Waals surface area contributed by atoms with Crippen molar-refractivity contribution in [3.8, 4) is 0 Å². The molecular formula is C14H23Cl2N3O2. The number of nitrogens with one attached hydrogen (secondary N) is 2. The zero-order chi connectivity index (χ0) is 13.7. The molecule has 1 saturated heterocycles. The Balaban J connectivity index is 0.00000200. The Labute approximate surface area is 138 Å². The van der Waals surface area contributed by atoms with Crippen molar-refractivity contribution in [3.63, 3.8) is 0 Å². The maximum atomic E-state index is 12.1. The van der Waals surface area contributed by atoms with Crippen LogP contribution in [0.4, 0.5) is 0 Å². The molecule has 0 bridgehead atoms. The van der Waals surface area contributed by atoms with Gasteiger partial charge in [-0.15, -0.1) is 24.8 Å². The minimum atomic E-state index is -0.123. The molecule has 1 unspecified atom stereocenters.